The van der Waals surface area contributed by atoms with E-state index in [9.17, 15) is 4.79 Å². The first-order chi connectivity index (χ1) is 13.6. The van der Waals surface area contributed by atoms with Crippen LogP contribution in [0.1, 0.15) is 5.56 Å². The van der Waals surface area contributed by atoms with Gasteiger partial charge in [-0.1, -0.05) is 23.7 Å². The van der Waals surface area contributed by atoms with E-state index in [-0.39, 0.29) is 5.91 Å². The topological polar surface area (TPSA) is 56.4 Å². The Morgan fingerprint density at radius 3 is 2.46 bits per heavy atom. The molecule has 0 aromatic heterocycles. The lowest BCUT2D eigenvalue weighted by Crippen LogP contribution is -3.28. The minimum Gasteiger partial charge on any atom is -0.497 e. The molecule has 6 nitrogen and oxygen atoms in total. The Hall–Kier alpha value is -2.28. The van der Waals surface area contributed by atoms with Gasteiger partial charge < -0.3 is 24.6 Å². The van der Waals surface area contributed by atoms with Gasteiger partial charge in [0.05, 0.1) is 19.9 Å². The van der Waals surface area contributed by atoms with Crippen molar-refractivity contribution in [3.05, 3.63) is 53.1 Å². The minimum absolute atomic E-state index is 0.00300. The first-order valence-electron chi connectivity index (χ1n) is 9.51. The van der Waals surface area contributed by atoms with Crippen LogP contribution in [0.2, 0.25) is 5.02 Å². The quantitative estimate of drug-likeness (QED) is 0.620. The maximum Gasteiger partial charge on any atom is 0.279 e. The van der Waals surface area contributed by atoms with E-state index in [1.165, 1.54) is 15.4 Å². The average molecular weight is 406 g/mol. The van der Waals surface area contributed by atoms with Crippen molar-refractivity contribution in [2.75, 3.05) is 52.3 Å². The van der Waals surface area contributed by atoms with E-state index in [4.69, 9.17) is 21.1 Å². The van der Waals surface area contributed by atoms with Crippen LogP contribution in [-0.4, -0.2) is 52.9 Å². The van der Waals surface area contributed by atoms with E-state index in [0.717, 1.165) is 37.7 Å². The van der Waals surface area contributed by atoms with Crippen molar-refractivity contribution in [1.82, 2.24) is 0 Å². The summed E-state index contributed by atoms with van der Waals surface area (Å²) in [7, 11) is 3.18. The molecule has 1 amide bonds. The molecule has 0 bridgehead atoms. The summed E-state index contributed by atoms with van der Waals surface area (Å²) in [5.74, 6) is 1.29. The van der Waals surface area contributed by atoms with E-state index in [0.29, 0.717) is 23.7 Å². The zero-order valence-corrected chi connectivity index (χ0v) is 17.1. The van der Waals surface area contributed by atoms with Gasteiger partial charge in [0.25, 0.3) is 5.91 Å². The Morgan fingerprint density at radius 2 is 1.79 bits per heavy atom. The molecule has 0 radical (unpaired) electrons. The molecule has 1 heterocycles. The summed E-state index contributed by atoms with van der Waals surface area (Å²) in [5, 5.41) is 3.74. The first kappa shape index (κ1) is 20.5. The van der Waals surface area contributed by atoms with Gasteiger partial charge in [0, 0.05) is 16.7 Å². The van der Waals surface area contributed by atoms with Gasteiger partial charge in [0.1, 0.15) is 44.2 Å². The second kappa shape index (κ2) is 9.78. The predicted molar refractivity (Wildman–Crippen MR) is 110 cm³/mol. The molecular formula is C21H28ClN3O3+2. The summed E-state index contributed by atoms with van der Waals surface area (Å²) in [4.78, 5) is 15.3. The highest BCUT2D eigenvalue weighted by atomic mass is 35.5. The summed E-state index contributed by atoms with van der Waals surface area (Å²) in [6, 6.07) is 13.4. The third kappa shape index (κ3) is 5.61. The molecule has 1 saturated heterocycles. The molecule has 3 N–H and O–H groups in total. The maximum absolute atomic E-state index is 12.5. The van der Waals surface area contributed by atoms with Gasteiger partial charge in [-0.05, 0) is 24.3 Å². The zero-order valence-electron chi connectivity index (χ0n) is 16.4. The molecule has 1 fully saturated rings. The molecule has 7 heteroatoms. The lowest BCUT2D eigenvalue weighted by molar-refractivity contribution is -1.02. The van der Waals surface area contributed by atoms with Crippen molar-refractivity contribution in [2.24, 2.45) is 0 Å². The normalized spacial score (nSPS) is 19.1. The van der Waals surface area contributed by atoms with Crippen molar-refractivity contribution >= 4 is 23.2 Å². The predicted octanol–water partition coefficient (Wildman–Crippen LogP) is 0.279. The number of anilines is 1. The molecule has 1 aliphatic heterocycles. The van der Waals surface area contributed by atoms with Crippen LogP contribution >= 0.6 is 11.6 Å². The van der Waals surface area contributed by atoms with Gasteiger partial charge in [-0.15, -0.1) is 0 Å². The second-order valence-corrected chi connectivity index (χ2v) is 7.53. The summed E-state index contributed by atoms with van der Waals surface area (Å²) >= 11 is 6.07. The van der Waals surface area contributed by atoms with E-state index in [1.807, 2.05) is 24.3 Å². The number of amides is 1. The van der Waals surface area contributed by atoms with Crippen LogP contribution in [0.3, 0.4) is 0 Å². The molecule has 150 valence electrons. The minimum atomic E-state index is -0.00300. The molecule has 0 atom stereocenters. The maximum atomic E-state index is 12.5. The molecule has 3 rings (SSSR count). The van der Waals surface area contributed by atoms with Crippen LogP contribution in [0, 0.1) is 0 Å². The molecule has 28 heavy (non-hydrogen) atoms. The van der Waals surface area contributed by atoms with Gasteiger partial charge >= 0.3 is 0 Å². The summed E-state index contributed by atoms with van der Waals surface area (Å²) in [6.07, 6.45) is 0. The third-order valence-corrected chi connectivity index (χ3v) is 5.34. The van der Waals surface area contributed by atoms with Crippen molar-refractivity contribution in [1.29, 1.82) is 0 Å². The highest BCUT2D eigenvalue weighted by Crippen LogP contribution is 2.28. The average Bonchev–Trinajstić information content (AvgIpc) is 2.70. The van der Waals surface area contributed by atoms with E-state index < -0.39 is 0 Å². The van der Waals surface area contributed by atoms with Crippen molar-refractivity contribution in [3.8, 4) is 11.5 Å². The van der Waals surface area contributed by atoms with Crippen LogP contribution in [0.25, 0.3) is 0 Å². The number of benzene rings is 2. The Kier molecular flexibility index (Phi) is 7.14. The van der Waals surface area contributed by atoms with Crippen molar-refractivity contribution in [3.63, 3.8) is 0 Å². The van der Waals surface area contributed by atoms with Crippen molar-refractivity contribution in [2.45, 2.75) is 6.54 Å². The standard InChI is InChI=1S/C21H26ClN3O3/c1-27-18-6-7-19(20(13-18)28-2)23-21(26)15-25-10-8-24(9-11-25)14-16-4-3-5-17(22)12-16/h3-7,12-13H,8-11,14-15H2,1-2H3,(H,23,26)/p+2. The number of carbonyl (C=O) groups is 1. The Labute approximate surface area is 171 Å². The molecular weight excluding hydrogens is 378 g/mol. The number of ether oxygens (including phenoxy) is 2. The van der Waals surface area contributed by atoms with Gasteiger partial charge in [-0.3, -0.25) is 4.79 Å². The summed E-state index contributed by atoms with van der Waals surface area (Å²) in [6.45, 7) is 5.47. The molecule has 0 spiro atoms. The summed E-state index contributed by atoms with van der Waals surface area (Å²) < 4.78 is 10.5. The molecule has 0 aliphatic carbocycles. The molecule has 1 aliphatic rings. The first-order valence-corrected chi connectivity index (χ1v) is 9.88. The number of hydrogen-bond donors (Lipinski definition) is 3. The monoisotopic (exact) mass is 405 g/mol. The van der Waals surface area contributed by atoms with Crippen LogP contribution in [-0.2, 0) is 11.3 Å². The molecule has 0 unspecified atom stereocenters. The third-order valence-electron chi connectivity index (χ3n) is 5.10. The fraction of sp³-hybridized carbons (Fsp3) is 0.381. The number of halogens is 1. The lowest BCUT2D eigenvalue weighted by atomic mass is 10.2. The number of hydrogen-bond acceptors (Lipinski definition) is 3. The van der Waals surface area contributed by atoms with Gasteiger partial charge in [-0.2, -0.15) is 0 Å². The van der Waals surface area contributed by atoms with E-state index in [1.54, 1.807) is 26.4 Å². The second-order valence-electron chi connectivity index (χ2n) is 7.10. The zero-order chi connectivity index (χ0) is 19.9. The van der Waals surface area contributed by atoms with Crippen molar-refractivity contribution < 1.29 is 24.1 Å². The number of carbonyl (C=O) groups excluding carboxylic acids is 1. The number of nitrogens with one attached hydrogen (secondary N) is 3. The molecule has 0 saturated carbocycles. The SMILES string of the molecule is COc1ccc(NC(=O)C[NH+]2CC[NH+](Cc3cccc(Cl)c3)CC2)c(OC)c1. The van der Waals surface area contributed by atoms with Crippen LogP contribution in [0.4, 0.5) is 5.69 Å². The van der Waals surface area contributed by atoms with Gasteiger partial charge in [0.15, 0.2) is 6.54 Å². The highest BCUT2D eigenvalue weighted by Gasteiger charge is 2.25. The Morgan fingerprint density at radius 1 is 1.04 bits per heavy atom. The lowest BCUT2D eigenvalue weighted by Gasteiger charge is -2.29. The largest absolute Gasteiger partial charge is 0.497 e. The number of piperazine rings is 1. The van der Waals surface area contributed by atoms with Gasteiger partial charge in [0.2, 0.25) is 0 Å². The smallest absolute Gasteiger partial charge is 0.279 e. The van der Waals surface area contributed by atoms with E-state index >= 15 is 0 Å². The van der Waals surface area contributed by atoms with Crippen LogP contribution < -0.4 is 24.6 Å². The van der Waals surface area contributed by atoms with Gasteiger partial charge in [-0.25, -0.2) is 0 Å². The number of quaternary nitrogens is 2. The number of methoxy groups -OCH3 is 2. The van der Waals surface area contributed by atoms with Crippen LogP contribution in [0.15, 0.2) is 42.5 Å². The molecule has 2 aromatic carbocycles. The summed E-state index contributed by atoms with van der Waals surface area (Å²) in [5.41, 5.74) is 1.92. The molecule has 2 aromatic rings. The Balaban J connectivity index is 1.47. The fourth-order valence-electron chi connectivity index (χ4n) is 3.57. The Bertz CT molecular complexity index is 807. The highest BCUT2D eigenvalue weighted by molar-refractivity contribution is 6.30. The van der Waals surface area contributed by atoms with Crippen LogP contribution in [0.5, 0.6) is 11.5 Å². The number of rotatable bonds is 7. The van der Waals surface area contributed by atoms with E-state index in [2.05, 4.69) is 11.4 Å². The fourth-order valence-corrected chi connectivity index (χ4v) is 3.78.